The van der Waals surface area contributed by atoms with E-state index in [0.717, 1.165) is 25.2 Å². The number of hydrogen-bond acceptors (Lipinski definition) is 4. The van der Waals surface area contributed by atoms with Gasteiger partial charge in [-0.25, -0.2) is 0 Å². The van der Waals surface area contributed by atoms with Gasteiger partial charge >= 0.3 is 0 Å². The molecule has 1 saturated carbocycles. The molecule has 1 saturated heterocycles. The predicted molar refractivity (Wildman–Crippen MR) is 73.1 cm³/mol. The molecule has 2 unspecified atom stereocenters. The third-order valence-corrected chi connectivity index (χ3v) is 5.48. The molecule has 2 fully saturated rings. The van der Waals surface area contributed by atoms with E-state index in [4.69, 9.17) is 15.2 Å². The standard InChI is InChI=1S/C14H21NO2S/c1-16-11-7-12(18-9-11)13(15)10-3-6-17-14(8-10)4-2-5-14/h7,9-10,13H,2-6,8,15H2,1H3. The highest BCUT2D eigenvalue weighted by Gasteiger charge is 2.44. The maximum atomic E-state index is 6.44. The van der Waals surface area contributed by atoms with E-state index in [1.54, 1.807) is 18.4 Å². The van der Waals surface area contributed by atoms with Gasteiger partial charge in [0.25, 0.3) is 0 Å². The Balaban J connectivity index is 1.69. The van der Waals surface area contributed by atoms with Crippen LogP contribution in [0.25, 0.3) is 0 Å². The maximum Gasteiger partial charge on any atom is 0.129 e. The van der Waals surface area contributed by atoms with Crippen LogP contribution in [0.3, 0.4) is 0 Å². The van der Waals surface area contributed by atoms with Crippen LogP contribution in [0.5, 0.6) is 5.75 Å². The molecule has 100 valence electrons. The van der Waals surface area contributed by atoms with Crippen molar-refractivity contribution in [2.45, 2.75) is 43.7 Å². The Morgan fingerprint density at radius 3 is 3.00 bits per heavy atom. The molecule has 1 aliphatic heterocycles. The molecule has 4 heteroatoms. The van der Waals surface area contributed by atoms with Crippen molar-refractivity contribution in [3.8, 4) is 5.75 Å². The van der Waals surface area contributed by atoms with Gasteiger partial charge in [0, 0.05) is 22.9 Å². The third kappa shape index (κ3) is 2.17. The number of nitrogens with two attached hydrogens (primary N) is 1. The number of rotatable bonds is 3. The second-order valence-electron chi connectivity index (χ2n) is 5.55. The summed E-state index contributed by atoms with van der Waals surface area (Å²) < 4.78 is 11.2. The Bertz CT molecular complexity index is 414. The summed E-state index contributed by atoms with van der Waals surface area (Å²) in [6.07, 6.45) is 5.99. The van der Waals surface area contributed by atoms with E-state index >= 15 is 0 Å². The van der Waals surface area contributed by atoms with Gasteiger partial charge in [0.1, 0.15) is 5.75 Å². The van der Waals surface area contributed by atoms with Crippen LogP contribution in [0.1, 0.15) is 43.0 Å². The van der Waals surface area contributed by atoms with Crippen LogP contribution in [0.4, 0.5) is 0 Å². The average molecular weight is 267 g/mol. The van der Waals surface area contributed by atoms with E-state index in [9.17, 15) is 0 Å². The van der Waals surface area contributed by atoms with Crippen molar-refractivity contribution >= 4 is 11.3 Å². The first-order chi connectivity index (χ1) is 8.72. The molecular weight excluding hydrogens is 246 g/mol. The lowest BCUT2D eigenvalue weighted by molar-refractivity contribution is -0.146. The SMILES string of the molecule is COc1csc(C(N)C2CCOC3(CCC3)C2)c1. The zero-order valence-electron chi connectivity index (χ0n) is 10.9. The smallest absolute Gasteiger partial charge is 0.129 e. The summed E-state index contributed by atoms with van der Waals surface area (Å²) in [6, 6.07) is 2.22. The highest BCUT2D eigenvalue weighted by atomic mass is 32.1. The minimum Gasteiger partial charge on any atom is -0.496 e. The van der Waals surface area contributed by atoms with E-state index in [1.807, 2.05) is 5.38 Å². The van der Waals surface area contributed by atoms with Crippen molar-refractivity contribution in [2.75, 3.05) is 13.7 Å². The van der Waals surface area contributed by atoms with Crippen LogP contribution in [-0.4, -0.2) is 19.3 Å². The van der Waals surface area contributed by atoms with E-state index in [0.29, 0.717) is 5.92 Å². The fourth-order valence-electron chi connectivity index (χ4n) is 3.14. The molecule has 0 radical (unpaired) electrons. The lowest BCUT2D eigenvalue weighted by Gasteiger charge is -2.48. The molecular formula is C14H21NO2S. The molecule has 3 rings (SSSR count). The van der Waals surface area contributed by atoms with Crippen molar-refractivity contribution in [3.05, 3.63) is 16.3 Å². The summed E-state index contributed by atoms with van der Waals surface area (Å²) in [5.41, 5.74) is 6.62. The molecule has 0 bridgehead atoms. The highest BCUT2D eigenvalue weighted by molar-refractivity contribution is 7.10. The largest absolute Gasteiger partial charge is 0.496 e. The molecule has 1 aromatic rings. The molecule has 2 heterocycles. The number of ether oxygens (including phenoxy) is 2. The van der Waals surface area contributed by atoms with Gasteiger partial charge in [-0.2, -0.15) is 0 Å². The molecule has 0 amide bonds. The Labute approximate surface area is 112 Å². The molecule has 3 nitrogen and oxygen atoms in total. The Morgan fingerprint density at radius 2 is 2.39 bits per heavy atom. The summed E-state index contributed by atoms with van der Waals surface area (Å²) in [5, 5.41) is 2.04. The van der Waals surface area contributed by atoms with E-state index in [-0.39, 0.29) is 11.6 Å². The second kappa shape index (κ2) is 4.83. The zero-order chi connectivity index (χ0) is 12.6. The van der Waals surface area contributed by atoms with Crippen LogP contribution in [0.15, 0.2) is 11.4 Å². The van der Waals surface area contributed by atoms with Gasteiger partial charge in [0.15, 0.2) is 0 Å². The van der Waals surface area contributed by atoms with E-state index in [2.05, 4.69) is 6.07 Å². The molecule has 18 heavy (non-hydrogen) atoms. The maximum absolute atomic E-state index is 6.44. The van der Waals surface area contributed by atoms with Crippen molar-refractivity contribution in [1.29, 1.82) is 0 Å². The van der Waals surface area contributed by atoms with Gasteiger partial charge in [-0.3, -0.25) is 0 Å². The normalized spacial score (nSPS) is 27.8. The molecule has 1 aromatic heterocycles. The Kier molecular flexibility index (Phi) is 3.34. The summed E-state index contributed by atoms with van der Waals surface area (Å²) in [5.74, 6) is 1.48. The first kappa shape index (κ1) is 12.5. The van der Waals surface area contributed by atoms with Crippen molar-refractivity contribution in [3.63, 3.8) is 0 Å². The number of thiophene rings is 1. The minimum absolute atomic E-state index is 0.139. The van der Waals surface area contributed by atoms with Crippen molar-refractivity contribution < 1.29 is 9.47 Å². The fourth-order valence-corrected chi connectivity index (χ4v) is 4.09. The Morgan fingerprint density at radius 1 is 1.56 bits per heavy atom. The molecule has 0 aromatic carbocycles. The Hall–Kier alpha value is -0.580. The van der Waals surface area contributed by atoms with Gasteiger partial charge in [0.05, 0.1) is 12.7 Å². The van der Waals surface area contributed by atoms with Crippen LogP contribution in [-0.2, 0) is 4.74 Å². The van der Waals surface area contributed by atoms with Crippen molar-refractivity contribution in [1.82, 2.24) is 0 Å². The van der Waals surface area contributed by atoms with Crippen LogP contribution in [0.2, 0.25) is 0 Å². The lowest BCUT2D eigenvalue weighted by Crippen LogP contribution is -2.47. The topological polar surface area (TPSA) is 44.5 Å². The quantitative estimate of drug-likeness (QED) is 0.915. The highest BCUT2D eigenvalue weighted by Crippen LogP contribution is 2.47. The zero-order valence-corrected chi connectivity index (χ0v) is 11.7. The van der Waals surface area contributed by atoms with E-state index in [1.165, 1.54) is 24.1 Å². The summed E-state index contributed by atoms with van der Waals surface area (Å²) in [6.45, 7) is 0.876. The van der Waals surface area contributed by atoms with Crippen LogP contribution < -0.4 is 10.5 Å². The number of methoxy groups -OCH3 is 1. The summed E-state index contributed by atoms with van der Waals surface area (Å²) in [4.78, 5) is 1.24. The molecule has 2 N–H and O–H groups in total. The average Bonchev–Trinajstić information content (AvgIpc) is 2.85. The molecule has 1 aliphatic carbocycles. The van der Waals surface area contributed by atoms with Gasteiger partial charge in [-0.05, 0) is 44.1 Å². The fraction of sp³-hybridized carbons (Fsp3) is 0.714. The first-order valence-electron chi connectivity index (χ1n) is 6.74. The van der Waals surface area contributed by atoms with Crippen LogP contribution >= 0.6 is 11.3 Å². The minimum atomic E-state index is 0.139. The lowest BCUT2D eigenvalue weighted by atomic mass is 9.70. The molecule has 1 spiro atoms. The van der Waals surface area contributed by atoms with Crippen LogP contribution in [0, 0.1) is 5.92 Å². The van der Waals surface area contributed by atoms with Gasteiger partial charge in [-0.15, -0.1) is 11.3 Å². The predicted octanol–water partition coefficient (Wildman–Crippen LogP) is 3.11. The van der Waals surface area contributed by atoms with Gasteiger partial charge in [-0.1, -0.05) is 0 Å². The molecule has 2 aliphatic rings. The first-order valence-corrected chi connectivity index (χ1v) is 7.62. The van der Waals surface area contributed by atoms with Gasteiger partial charge in [0.2, 0.25) is 0 Å². The van der Waals surface area contributed by atoms with Gasteiger partial charge < -0.3 is 15.2 Å². The number of hydrogen-bond donors (Lipinski definition) is 1. The monoisotopic (exact) mass is 267 g/mol. The summed E-state index contributed by atoms with van der Waals surface area (Å²) in [7, 11) is 1.70. The second-order valence-corrected chi connectivity index (χ2v) is 6.50. The van der Waals surface area contributed by atoms with E-state index < -0.39 is 0 Å². The summed E-state index contributed by atoms with van der Waals surface area (Å²) >= 11 is 1.71. The third-order valence-electron chi connectivity index (χ3n) is 4.46. The van der Waals surface area contributed by atoms with Crippen molar-refractivity contribution in [2.24, 2.45) is 11.7 Å². The molecule has 2 atom stereocenters.